The zero-order valence-electron chi connectivity index (χ0n) is 14.5. The summed E-state index contributed by atoms with van der Waals surface area (Å²) in [5.41, 5.74) is 3.03. The van der Waals surface area contributed by atoms with Crippen LogP contribution in [0.2, 0.25) is 0 Å². The smallest absolute Gasteiger partial charge is 0.228 e. The van der Waals surface area contributed by atoms with Crippen molar-refractivity contribution in [3.8, 4) is 10.6 Å². The Labute approximate surface area is 153 Å². The first-order valence-corrected chi connectivity index (χ1v) is 9.21. The Morgan fingerprint density at radius 3 is 2.73 bits per heavy atom. The lowest BCUT2D eigenvalue weighted by molar-refractivity contribution is -0.131. The van der Waals surface area contributed by atoms with E-state index in [0.717, 1.165) is 29.1 Å². The SMILES string of the molecule is Cc1cc(-c2snnc2C2CCN(C(=O)Cc3nonc3C)CC2)on1. The first kappa shape index (κ1) is 16.8. The monoisotopic (exact) mass is 374 g/mol. The molecular weight excluding hydrogens is 356 g/mol. The molecule has 0 aliphatic carbocycles. The van der Waals surface area contributed by atoms with Crippen LogP contribution in [0.4, 0.5) is 0 Å². The topological polar surface area (TPSA) is 111 Å². The van der Waals surface area contributed by atoms with Gasteiger partial charge in [0.25, 0.3) is 0 Å². The number of amides is 1. The van der Waals surface area contributed by atoms with Crippen molar-refractivity contribution in [1.29, 1.82) is 0 Å². The van der Waals surface area contributed by atoms with E-state index in [4.69, 9.17) is 4.52 Å². The molecular formula is C16H18N6O3S. The van der Waals surface area contributed by atoms with E-state index >= 15 is 0 Å². The number of aryl methyl sites for hydroxylation is 2. The molecule has 1 aliphatic heterocycles. The molecule has 3 aromatic rings. The molecule has 4 rings (SSSR count). The lowest BCUT2D eigenvalue weighted by Gasteiger charge is -2.31. The molecule has 1 aliphatic rings. The van der Waals surface area contributed by atoms with E-state index in [2.05, 4.69) is 29.7 Å². The maximum atomic E-state index is 12.5. The summed E-state index contributed by atoms with van der Waals surface area (Å²) in [5, 5.41) is 15.8. The minimum atomic E-state index is 0.0461. The Morgan fingerprint density at radius 1 is 1.27 bits per heavy atom. The standard InChI is InChI=1S/C16H18N6O3S/c1-9-7-13(24-18-9)16-15(17-21-26-16)11-3-5-22(6-4-11)14(23)8-12-10(2)19-25-20-12/h7,11H,3-6,8H2,1-2H3. The van der Waals surface area contributed by atoms with Crippen LogP contribution in [-0.2, 0) is 11.2 Å². The number of aromatic nitrogens is 5. The molecule has 0 spiro atoms. The molecule has 0 radical (unpaired) electrons. The van der Waals surface area contributed by atoms with Gasteiger partial charge in [-0.25, -0.2) is 4.63 Å². The van der Waals surface area contributed by atoms with Crippen LogP contribution >= 0.6 is 11.5 Å². The van der Waals surface area contributed by atoms with Crippen LogP contribution < -0.4 is 0 Å². The summed E-state index contributed by atoms with van der Waals surface area (Å²) in [5.74, 6) is 1.01. The van der Waals surface area contributed by atoms with Crippen molar-refractivity contribution < 1.29 is 13.9 Å². The molecule has 4 heterocycles. The summed E-state index contributed by atoms with van der Waals surface area (Å²) in [6, 6.07) is 1.89. The fraction of sp³-hybridized carbons (Fsp3) is 0.500. The third-order valence-corrected chi connectivity index (χ3v) is 5.42. The lowest BCUT2D eigenvalue weighted by atomic mass is 9.92. The van der Waals surface area contributed by atoms with E-state index < -0.39 is 0 Å². The summed E-state index contributed by atoms with van der Waals surface area (Å²) < 4.78 is 14.1. The van der Waals surface area contributed by atoms with Gasteiger partial charge in [0, 0.05) is 25.1 Å². The molecule has 0 N–H and O–H groups in total. The molecule has 0 atom stereocenters. The van der Waals surface area contributed by atoms with Crippen LogP contribution in [0.1, 0.15) is 41.5 Å². The van der Waals surface area contributed by atoms with Crippen LogP contribution in [-0.4, -0.2) is 49.0 Å². The minimum absolute atomic E-state index is 0.0461. The van der Waals surface area contributed by atoms with Gasteiger partial charge in [-0.2, -0.15) is 0 Å². The maximum absolute atomic E-state index is 12.5. The molecule has 136 valence electrons. The van der Waals surface area contributed by atoms with E-state index in [1.165, 1.54) is 11.5 Å². The number of carbonyl (C=O) groups excluding carboxylic acids is 1. The summed E-state index contributed by atoms with van der Waals surface area (Å²) >= 11 is 1.32. The predicted molar refractivity (Wildman–Crippen MR) is 91.4 cm³/mol. The summed E-state index contributed by atoms with van der Waals surface area (Å²) in [6.07, 6.45) is 1.90. The van der Waals surface area contributed by atoms with Crippen molar-refractivity contribution in [1.82, 2.24) is 30.0 Å². The van der Waals surface area contributed by atoms with Crippen LogP contribution in [0.25, 0.3) is 10.6 Å². The third-order valence-electron chi connectivity index (χ3n) is 4.66. The average molecular weight is 374 g/mol. The number of carbonyl (C=O) groups is 1. The van der Waals surface area contributed by atoms with Crippen molar-refractivity contribution in [3.63, 3.8) is 0 Å². The van der Waals surface area contributed by atoms with E-state index in [1.54, 1.807) is 6.92 Å². The number of hydrogen-bond acceptors (Lipinski definition) is 9. The number of likely N-dealkylation sites (tertiary alicyclic amines) is 1. The maximum Gasteiger partial charge on any atom is 0.228 e. The number of hydrogen-bond donors (Lipinski definition) is 0. The van der Waals surface area contributed by atoms with Gasteiger partial charge < -0.3 is 9.42 Å². The summed E-state index contributed by atoms with van der Waals surface area (Å²) in [4.78, 5) is 15.3. The summed E-state index contributed by atoms with van der Waals surface area (Å²) in [6.45, 7) is 5.03. The molecule has 0 aromatic carbocycles. The fourth-order valence-corrected chi connectivity index (χ4v) is 3.87. The molecule has 1 amide bonds. The van der Waals surface area contributed by atoms with Gasteiger partial charge in [0.2, 0.25) is 5.91 Å². The zero-order valence-corrected chi connectivity index (χ0v) is 15.3. The van der Waals surface area contributed by atoms with Gasteiger partial charge in [0.15, 0.2) is 5.76 Å². The Morgan fingerprint density at radius 2 is 2.08 bits per heavy atom. The second-order valence-electron chi connectivity index (χ2n) is 6.45. The van der Waals surface area contributed by atoms with Crippen molar-refractivity contribution >= 4 is 17.4 Å². The van der Waals surface area contributed by atoms with Crippen molar-refractivity contribution in [2.24, 2.45) is 0 Å². The third kappa shape index (κ3) is 3.24. The summed E-state index contributed by atoms with van der Waals surface area (Å²) in [7, 11) is 0. The highest BCUT2D eigenvalue weighted by Crippen LogP contribution is 2.36. The Balaban J connectivity index is 1.41. The quantitative estimate of drug-likeness (QED) is 0.683. The molecule has 10 heteroatoms. The minimum Gasteiger partial charge on any atom is -0.355 e. The van der Waals surface area contributed by atoms with Gasteiger partial charge in [-0.1, -0.05) is 20.0 Å². The second-order valence-corrected chi connectivity index (χ2v) is 7.20. The van der Waals surface area contributed by atoms with Crippen molar-refractivity contribution in [2.45, 2.75) is 39.0 Å². The van der Waals surface area contributed by atoms with Gasteiger partial charge in [-0.05, 0) is 38.2 Å². The number of piperidine rings is 1. The zero-order chi connectivity index (χ0) is 18.1. The highest BCUT2D eigenvalue weighted by Gasteiger charge is 2.29. The Bertz CT molecular complexity index is 909. The lowest BCUT2D eigenvalue weighted by Crippen LogP contribution is -2.39. The highest BCUT2D eigenvalue weighted by atomic mass is 32.1. The molecule has 26 heavy (non-hydrogen) atoms. The first-order chi connectivity index (χ1) is 12.6. The van der Waals surface area contributed by atoms with Gasteiger partial charge in [0.05, 0.1) is 17.8 Å². The van der Waals surface area contributed by atoms with Crippen molar-refractivity contribution in [3.05, 3.63) is 28.8 Å². The van der Waals surface area contributed by atoms with Crippen LogP contribution in [0, 0.1) is 13.8 Å². The van der Waals surface area contributed by atoms with Gasteiger partial charge in [-0.15, -0.1) is 5.10 Å². The van der Waals surface area contributed by atoms with Crippen LogP contribution in [0.5, 0.6) is 0 Å². The highest BCUT2D eigenvalue weighted by molar-refractivity contribution is 7.09. The van der Waals surface area contributed by atoms with Gasteiger partial charge in [-0.3, -0.25) is 4.79 Å². The second kappa shape index (κ2) is 6.94. The molecule has 1 fully saturated rings. The molecule has 1 saturated heterocycles. The van der Waals surface area contributed by atoms with Gasteiger partial charge in [0.1, 0.15) is 16.3 Å². The average Bonchev–Trinajstić information content (AvgIpc) is 3.37. The molecule has 0 saturated carbocycles. The van der Waals surface area contributed by atoms with E-state index in [0.29, 0.717) is 30.2 Å². The fourth-order valence-electron chi connectivity index (χ4n) is 3.17. The largest absolute Gasteiger partial charge is 0.355 e. The molecule has 0 bridgehead atoms. The molecule has 0 unspecified atom stereocenters. The predicted octanol–water partition coefficient (Wildman–Crippen LogP) is 2.14. The Kier molecular flexibility index (Phi) is 4.49. The molecule has 3 aromatic heterocycles. The Hall–Kier alpha value is -2.62. The van der Waals surface area contributed by atoms with E-state index in [9.17, 15) is 4.79 Å². The number of nitrogens with zero attached hydrogens (tertiary/aromatic N) is 6. The number of rotatable bonds is 4. The van der Waals surface area contributed by atoms with Crippen molar-refractivity contribution in [2.75, 3.05) is 13.1 Å². The first-order valence-electron chi connectivity index (χ1n) is 8.43. The van der Waals surface area contributed by atoms with E-state index in [-0.39, 0.29) is 18.2 Å². The van der Waals surface area contributed by atoms with Gasteiger partial charge >= 0.3 is 0 Å². The van der Waals surface area contributed by atoms with E-state index in [1.807, 2.05) is 17.9 Å². The van der Waals surface area contributed by atoms with Crippen LogP contribution in [0.15, 0.2) is 15.2 Å². The van der Waals surface area contributed by atoms with Crippen LogP contribution in [0.3, 0.4) is 0 Å². The normalized spacial score (nSPS) is 15.5. The molecule has 9 nitrogen and oxygen atoms in total.